The molecule has 0 bridgehead atoms. The van der Waals surface area contributed by atoms with E-state index in [1.165, 1.54) is 0 Å². The molecule has 2 rings (SSSR count). The fourth-order valence-corrected chi connectivity index (χ4v) is 1.94. The average molecular weight is 309 g/mol. The molecule has 0 aromatic heterocycles. The molecule has 0 fully saturated rings. The first-order valence-corrected chi connectivity index (χ1v) is 6.58. The van der Waals surface area contributed by atoms with Gasteiger partial charge in [-0.15, -0.1) is 0 Å². The highest BCUT2D eigenvalue weighted by molar-refractivity contribution is 9.09. The van der Waals surface area contributed by atoms with Gasteiger partial charge in [-0.25, -0.2) is 4.99 Å². The van der Waals surface area contributed by atoms with Crippen LogP contribution in [-0.2, 0) is 4.74 Å². The highest BCUT2D eigenvalue weighted by Crippen LogP contribution is 2.23. The second kappa shape index (κ2) is 5.40. The summed E-state index contributed by atoms with van der Waals surface area (Å²) in [5.41, 5.74) is 1.29. The van der Waals surface area contributed by atoms with Crippen molar-refractivity contribution in [1.29, 1.82) is 5.26 Å². The van der Waals surface area contributed by atoms with Crippen LogP contribution in [0.5, 0.6) is 5.75 Å². The van der Waals surface area contributed by atoms with Gasteiger partial charge in [0.1, 0.15) is 11.8 Å². The van der Waals surface area contributed by atoms with Gasteiger partial charge < -0.3 is 9.47 Å². The number of ether oxygens (including phenoxy) is 2. The van der Waals surface area contributed by atoms with E-state index in [1.807, 2.05) is 19.9 Å². The average Bonchev–Trinajstić information content (AvgIpc) is 2.75. The molecule has 0 N–H and O–H groups in total. The predicted octanol–water partition coefficient (Wildman–Crippen LogP) is 2.84. The smallest absolute Gasteiger partial charge is 0.217 e. The van der Waals surface area contributed by atoms with Crippen molar-refractivity contribution in [3.8, 4) is 11.8 Å². The van der Waals surface area contributed by atoms with Crippen molar-refractivity contribution >= 4 is 21.8 Å². The molecule has 0 spiro atoms. The zero-order chi connectivity index (χ0) is 13.1. The number of nitrogens with zero attached hydrogens (tertiary/aromatic N) is 2. The van der Waals surface area contributed by atoms with Gasteiger partial charge in [-0.3, -0.25) is 0 Å². The van der Waals surface area contributed by atoms with Crippen LogP contribution in [0, 0.1) is 11.3 Å². The van der Waals surface area contributed by atoms with Gasteiger partial charge in [-0.1, -0.05) is 0 Å². The first-order valence-electron chi connectivity index (χ1n) is 5.66. The molecule has 1 heterocycles. The lowest BCUT2D eigenvalue weighted by molar-refractivity contribution is 0.241. The fraction of sp³-hybridized carbons (Fsp3) is 0.385. The van der Waals surface area contributed by atoms with Crippen LogP contribution in [0.1, 0.15) is 25.0 Å². The lowest BCUT2D eigenvalue weighted by atomic mass is 10.1. The maximum atomic E-state index is 9.13. The van der Waals surface area contributed by atoms with Crippen molar-refractivity contribution in [2.75, 3.05) is 6.54 Å². The van der Waals surface area contributed by atoms with E-state index in [0.29, 0.717) is 23.8 Å². The summed E-state index contributed by atoms with van der Waals surface area (Å²) >= 11 is 3.33. The van der Waals surface area contributed by atoms with Crippen molar-refractivity contribution in [3.63, 3.8) is 0 Å². The van der Waals surface area contributed by atoms with Gasteiger partial charge in [0, 0.05) is 5.56 Å². The molecular weight excluding hydrogens is 296 g/mol. The summed E-state index contributed by atoms with van der Waals surface area (Å²) in [6.07, 6.45) is 0.0370. The number of benzene rings is 1. The minimum absolute atomic E-state index is 0.0370. The molecule has 1 aliphatic rings. The molecule has 94 valence electrons. The topological polar surface area (TPSA) is 54.6 Å². The Morgan fingerprint density at radius 1 is 1.56 bits per heavy atom. The van der Waals surface area contributed by atoms with Crippen molar-refractivity contribution in [2.45, 2.75) is 25.0 Å². The number of hydrogen-bond acceptors (Lipinski definition) is 4. The van der Waals surface area contributed by atoms with E-state index in [1.54, 1.807) is 12.1 Å². The van der Waals surface area contributed by atoms with Crippen LogP contribution >= 0.6 is 15.9 Å². The van der Waals surface area contributed by atoms with E-state index in [-0.39, 0.29) is 11.1 Å². The molecule has 4 nitrogen and oxygen atoms in total. The van der Waals surface area contributed by atoms with Gasteiger partial charge in [0.05, 0.1) is 18.2 Å². The molecule has 0 radical (unpaired) electrons. The monoisotopic (exact) mass is 308 g/mol. The molecule has 1 aliphatic heterocycles. The van der Waals surface area contributed by atoms with E-state index in [9.17, 15) is 0 Å². The quantitative estimate of drug-likeness (QED) is 0.807. The predicted molar refractivity (Wildman–Crippen MR) is 72.1 cm³/mol. The SMILES string of the molecule is CC(C)Oc1ccc(C2=NCC(Br)O2)cc1C#N. The number of hydrogen-bond donors (Lipinski definition) is 0. The zero-order valence-corrected chi connectivity index (χ0v) is 11.8. The van der Waals surface area contributed by atoms with Crippen molar-refractivity contribution in [2.24, 2.45) is 4.99 Å². The summed E-state index contributed by atoms with van der Waals surface area (Å²) in [4.78, 5) is 4.25. The van der Waals surface area contributed by atoms with Gasteiger partial charge >= 0.3 is 0 Å². The van der Waals surface area contributed by atoms with Gasteiger partial charge in [0.15, 0.2) is 5.01 Å². The standard InChI is InChI=1S/C13H13BrN2O2/c1-8(2)17-11-4-3-9(5-10(11)6-15)13-16-7-12(14)18-13/h3-5,8,12H,7H2,1-2H3. The lowest BCUT2D eigenvalue weighted by Gasteiger charge is -2.12. The largest absolute Gasteiger partial charge is 0.490 e. The Balaban J connectivity index is 2.28. The van der Waals surface area contributed by atoms with E-state index < -0.39 is 0 Å². The van der Waals surface area contributed by atoms with E-state index in [0.717, 1.165) is 5.56 Å². The van der Waals surface area contributed by atoms with Crippen LogP contribution in [0.15, 0.2) is 23.2 Å². The number of rotatable bonds is 3. The van der Waals surface area contributed by atoms with Gasteiger partial charge in [-0.2, -0.15) is 5.26 Å². The molecule has 1 aromatic rings. The summed E-state index contributed by atoms with van der Waals surface area (Å²) in [7, 11) is 0. The van der Waals surface area contributed by atoms with Crippen LogP contribution in [-0.4, -0.2) is 23.6 Å². The van der Waals surface area contributed by atoms with Crippen LogP contribution in [0.2, 0.25) is 0 Å². The molecular formula is C13H13BrN2O2. The maximum absolute atomic E-state index is 9.13. The zero-order valence-electron chi connectivity index (χ0n) is 10.2. The Kier molecular flexibility index (Phi) is 3.87. The Hall–Kier alpha value is -1.54. The third kappa shape index (κ3) is 2.82. The molecule has 0 saturated heterocycles. The maximum Gasteiger partial charge on any atom is 0.217 e. The molecule has 0 aliphatic carbocycles. The Labute approximate surface area is 114 Å². The van der Waals surface area contributed by atoms with E-state index >= 15 is 0 Å². The highest BCUT2D eigenvalue weighted by Gasteiger charge is 2.19. The molecule has 1 unspecified atom stereocenters. The first kappa shape index (κ1) is 12.9. The summed E-state index contributed by atoms with van der Waals surface area (Å²) in [5.74, 6) is 1.15. The highest BCUT2D eigenvalue weighted by atomic mass is 79.9. The van der Waals surface area contributed by atoms with Crippen LogP contribution in [0.25, 0.3) is 0 Å². The van der Waals surface area contributed by atoms with Crippen LogP contribution < -0.4 is 4.74 Å². The molecule has 1 aromatic carbocycles. The number of aliphatic imine (C=N–C) groups is 1. The molecule has 0 amide bonds. The Bertz CT molecular complexity index is 520. The minimum atomic E-state index is -0.0790. The van der Waals surface area contributed by atoms with Gasteiger partial charge in [-0.05, 0) is 48.0 Å². The summed E-state index contributed by atoms with van der Waals surface area (Å²) in [6.45, 7) is 4.44. The molecule has 0 saturated carbocycles. The first-order chi connectivity index (χ1) is 8.60. The minimum Gasteiger partial charge on any atom is -0.490 e. The Morgan fingerprint density at radius 3 is 2.89 bits per heavy atom. The van der Waals surface area contributed by atoms with Crippen molar-refractivity contribution in [1.82, 2.24) is 0 Å². The van der Waals surface area contributed by atoms with E-state index in [2.05, 4.69) is 27.0 Å². The number of halogens is 1. The Morgan fingerprint density at radius 2 is 2.33 bits per heavy atom. The summed E-state index contributed by atoms with van der Waals surface area (Å²) in [6, 6.07) is 7.50. The van der Waals surface area contributed by atoms with Gasteiger partial charge in [0.2, 0.25) is 5.90 Å². The van der Waals surface area contributed by atoms with Crippen molar-refractivity contribution < 1.29 is 9.47 Å². The molecule has 5 heteroatoms. The fourth-order valence-electron chi connectivity index (χ4n) is 1.62. The molecule has 18 heavy (non-hydrogen) atoms. The third-order valence-electron chi connectivity index (χ3n) is 2.33. The summed E-state index contributed by atoms with van der Waals surface area (Å²) in [5, 5.41) is 9.05. The summed E-state index contributed by atoms with van der Waals surface area (Å²) < 4.78 is 11.0. The lowest BCUT2D eigenvalue weighted by Crippen LogP contribution is -2.09. The number of alkyl halides is 1. The second-order valence-corrected chi connectivity index (χ2v) is 5.18. The van der Waals surface area contributed by atoms with Crippen molar-refractivity contribution in [3.05, 3.63) is 29.3 Å². The van der Waals surface area contributed by atoms with Gasteiger partial charge in [0.25, 0.3) is 0 Å². The normalized spacial score (nSPS) is 18.2. The van der Waals surface area contributed by atoms with Crippen LogP contribution in [0.4, 0.5) is 0 Å². The third-order valence-corrected chi connectivity index (χ3v) is 2.80. The van der Waals surface area contributed by atoms with E-state index in [4.69, 9.17) is 14.7 Å². The molecule has 1 atom stereocenters. The van der Waals surface area contributed by atoms with Crippen LogP contribution in [0.3, 0.4) is 0 Å². The number of nitriles is 1. The second-order valence-electron chi connectivity index (χ2n) is 4.16.